The van der Waals surface area contributed by atoms with Crippen molar-refractivity contribution in [2.24, 2.45) is 0 Å². The zero-order valence-electron chi connectivity index (χ0n) is 15.6. The lowest BCUT2D eigenvalue weighted by Crippen LogP contribution is -2.12. The Bertz CT molecular complexity index is 692. The zero-order valence-corrected chi connectivity index (χ0v) is 16.4. The molecule has 25 heavy (non-hydrogen) atoms. The Morgan fingerprint density at radius 3 is 2.64 bits per heavy atom. The highest BCUT2D eigenvalue weighted by Gasteiger charge is 2.22. The summed E-state index contributed by atoms with van der Waals surface area (Å²) in [7, 11) is 0. The maximum Gasteiger partial charge on any atom is 0.191 e. The predicted octanol–water partition coefficient (Wildman–Crippen LogP) is 5.13. The minimum Gasteiger partial charge on any atom is -0.493 e. The number of hydrogen-bond donors (Lipinski definition) is 0. The predicted molar refractivity (Wildman–Crippen MR) is 104 cm³/mol. The molecular formula is C20H29N3OS. The van der Waals surface area contributed by atoms with Crippen molar-refractivity contribution in [3.8, 4) is 5.75 Å². The first-order valence-electron chi connectivity index (χ1n) is 9.45. The third kappa shape index (κ3) is 4.57. The second-order valence-corrected chi connectivity index (χ2v) is 7.93. The van der Waals surface area contributed by atoms with Crippen molar-refractivity contribution in [3.63, 3.8) is 0 Å². The average molecular weight is 360 g/mol. The van der Waals surface area contributed by atoms with Gasteiger partial charge in [0, 0.05) is 18.2 Å². The van der Waals surface area contributed by atoms with Gasteiger partial charge in [-0.15, -0.1) is 10.2 Å². The first-order chi connectivity index (χ1) is 12.2. The molecule has 1 saturated carbocycles. The maximum atomic E-state index is 5.88. The van der Waals surface area contributed by atoms with Gasteiger partial charge in [-0.2, -0.15) is 0 Å². The lowest BCUT2D eigenvalue weighted by atomic mass is 9.89. The number of benzene rings is 1. The van der Waals surface area contributed by atoms with Gasteiger partial charge in [0.25, 0.3) is 0 Å². The van der Waals surface area contributed by atoms with Crippen LogP contribution in [0, 0.1) is 13.8 Å². The van der Waals surface area contributed by atoms with Crippen LogP contribution in [0.4, 0.5) is 0 Å². The van der Waals surface area contributed by atoms with E-state index < -0.39 is 0 Å². The van der Waals surface area contributed by atoms with Gasteiger partial charge >= 0.3 is 0 Å². The topological polar surface area (TPSA) is 39.9 Å². The molecule has 0 N–H and O–H groups in total. The number of aryl methyl sites for hydroxylation is 2. The largest absolute Gasteiger partial charge is 0.493 e. The van der Waals surface area contributed by atoms with Gasteiger partial charge in [-0.05, 0) is 56.9 Å². The van der Waals surface area contributed by atoms with Crippen LogP contribution in [-0.4, -0.2) is 27.1 Å². The van der Waals surface area contributed by atoms with E-state index in [1.54, 1.807) is 11.8 Å². The fourth-order valence-corrected chi connectivity index (χ4v) is 4.29. The Morgan fingerprint density at radius 1 is 1.12 bits per heavy atom. The molecule has 0 unspecified atom stereocenters. The third-order valence-corrected chi connectivity index (χ3v) is 6.02. The molecule has 0 atom stereocenters. The van der Waals surface area contributed by atoms with Gasteiger partial charge in [0.15, 0.2) is 5.16 Å². The molecule has 0 saturated heterocycles. The molecule has 1 aliphatic rings. The van der Waals surface area contributed by atoms with Crippen LogP contribution in [0.15, 0.2) is 23.4 Å². The van der Waals surface area contributed by atoms with Crippen molar-refractivity contribution in [2.45, 2.75) is 70.5 Å². The summed E-state index contributed by atoms with van der Waals surface area (Å²) < 4.78 is 8.18. The lowest BCUT2D eigenvalue weighted by molar-refractivity contribution is 0.343. The molecule has 136 valence electrons. The molecule has 0 amide bonds. The Kier molecular flexibility index (Phi) is 6.40. The summed E-state index contributed by atoms with van der Waals surface area (Å²) in [4.78, 5) is 0. The van der Waals surface area contributed by atoms with E-state index in [1.807, 2.05) is 6.07 Å². The number of nitrogens with zero attached hydrogens (tertiary/aromatic N) is 3. The van der Waals surface area contributed by atoms with Crippen LogP contribution in [0.3, 0.4) is 0 Å². The summed E-state index contributed by atoms with van der Waals surface area (Å²) >= 11 is 1.75. The molecule has 1 heterocycles. The number of thioether (sulfide) groups is 1. The summed E-state index contributed by atoms with van der Waals surface area (Å²) in [5.41, 5.74) is 2.57. The van der Waals surface area contributed by atoms with Crippen molar-refractivity contribution in [3.05, 3.63) is 35.2 Å². The highest BCUT2D eigenvalue weighted by Crippen LogP contribution is 2.33. The summed E-state index contributed by atoms with van der Waals surface area (Å²) in [6.45, 7) is 8.05. The minimum absolute atomic E-state index is 0.599. The molecular weight excluding hydrogens is 330 g/mol. The van der Waals surface area contributed by atoms with Crippen LogP contribution < -0.4 is 4.74 Å². The Balaban J connectivity index is 1.54. The lowest BCUT2D eigenvalue weighted by Gasteiger charge is -2.21. The number of rotatable bonds is 7. The molecule has 4 nitrogen and oxygen atoms in total. The molecule has 5 heteroatoms. The smallest absolute Gasteiger partial charge is 0.191 e. The van der Waals surface area contributed by atoms with Gasteiger partial charge in [0.05, 0.1) is 6.61 Å². The molecule has 2 aromatic rings. The van der Waals surface area contributed by atoms with E-state index >= 15 is 0 Å². The van der Waals surface area contributed by atoms with Crippen LogP contribution in [0.5, 0.6) is 5.75 Å². The maximum absolute atomic E-state index is 5.88. The summed E-state index contributed by atoms with van der Waals surface area (Å²) in [5, 5.41) is 10.0. The van der Waals surface area contributed by atoms with Crippen LogP contribution in [0.1, 0.15) is 61.9 Å². The van der Waals surface area contributed by atoms with Crippen molar-refractivity contribution in [1.29, 1.82) is 0 Å². The third-order valence-electron chi connectivity index (χ3n) is 5.09. The molecule has 0 aliphatic heterocycles. The van der Waals surface area contributed by atoms with Crippen LogP contribution in [0.2, 0.25) is 0 Å². The van der Waals surface area contributed by atoms with E-state index in [-0.39, 0.29) is 0 Å². The highest BCUT2D eigenvalue weighted by atomic mass is 32.2. The Morgan fingerprint density at radius 2 is 1.92 bits per heavy atom. The molecule has 0 bridgehead atoms. The second kappa shape index (κ2) is 8.75. The molecule has 1 aromatic heterocycles. The van der Waals surface area contributed by atoms with Crippen LogP contribution in [0.25, 0.3) is 0 Å². The summed E-state index contributed by atoms with van der Waals surface area (Å²) in [6, 6.07) is 6.26. The van der Waals surface area contributed by atoms with Gasteiger partial charge < -0.3 is 9.30 Å². The normalized spacial score (nSPS) is 15.5. The van der Waals surface area contributed by atoms with Gasteiger partial charge in [0.1, 0.15) is 11.6 Å². The fourth-order valence-electron chi connectivity index (χ4n) is 3.46. The highest BCUT2D eigenvalue weighted by molar-refractivity contribution is 7.99. The van der Waals surface area contributed by atoms with Crippen molar-refractivity contribution in [2.75, 3.05) is 12.4 Å². The molecule has 3 rings (SSSR count). The van der Waals surface area contributed by atoms with Crippen LogP contribution in [-0.2, 0) is 6.54 Å². The standard InChI is InChI=1S/C20H29N3OS/c1-4-23-19(17-8-6-5-7-9-17)21-22-20(23)25-13-12-24-18-11-10-15(2)16(3)14-18/h10-11,14,17H,4-9,12-13H2,1-3H3. The molecule has 0 radical (unpaired) electrons. The molecule has 1 aromatic carbocycles. The SMILES string of the molecule is CCn1c(SCCOc2ccc(C)c(C)c2)nnc1C1CCCCC1. The first-order valence-corrected chi connectivity index (χ1v) is 10.4. The molecule has 1 aliphatic carbocycles. The van der Waals surface area contributed by atoms with Gasteiger partial charge in [-0.25, -0.2) is 0 Å². The summed E-state index contributed by atoms with van der Waals surface area (Å²) in [5.74, 6) is 3.63. The van der Waals surface area contributed by atoms with E-state index in [4.69, 9.17) is 4.74 Å². The van der Waals surface area contributed by atoms with Gasteiger partial charge in [-0.1, -0.05) is 37.1 Å². The van der Waals surface area contributed by atoms with Crippen molar-refractivity contribution >= 4 is 11.8 Å². The minimum atomic E-state index is 0.599. The van der Waals surface area contributed by atoms with Crippen molar-refractivity contribution < 1.29 is 4.74 Å². The summed E-state index contributed by atoms with van der Waals surface area (Å²) in [6.07, 6.45) is 6.55. The van der Waals surface area contributed by atoms with E-state index in [1.165, 1.54) is 49.1 Å². The van der Waals surface area contributed by atoms with E-state index in [2.05, 4.69) is 47.7 Å². The number of aromatic nitrogens is 3. The number of ether oxygens (including phenoxy) is 1. The quantitative estimate of drug-likeness (QED) is 0.507. The van der Waals surface area contributed by atoms with E-state index in [0.717, 1.165) is 23.2 Å². The van der Waals surface area contributed by atoms with E-state index in [9.17, 15) is 0 Å². The number of hydrogen-bond acceptors (Lipinski definition) is 4. The van der Waals surface area contributed by atoms with E-state index in [0.29, 0.717) is 12.5 Å². The zero-order chi connectivity index (χ0) is 17.6. The van der Waals surface area contributed by atoms with Crippen molar-refractivity contribution in [1.82, 2.24) is 14.8 Å². The average Bonchev–Trinajstić information content (AvgIpc) is 3.05. The second-order valence-electron chi connectivity index (χ2n) is 6.86. The van der Waals surface area contributed by atoms with Gasteiger partial charge in [-0.3, -0.25) is 0 Å². The Labute approximate surface area is 155 Å². The van der Waals surface area contributed by atoms with Gasteiger partial charge in [0.2, 0.25) is 0 Å². The van der Waals surface area contributed by atoms with Crippen LogP contribution >= 0.6 is 11.8 Å². The Hall–Kier alpha value is -1.49. The first kappa shape index (κ1) is 18.3. The monoisotopic (exact) mass is 359 g/mol. The molecule has 0 spiro atoms. The molecule has 1 fully saturated rings. The fraction of sp³-hybridized carbons (Fsp3) is 0.600.